The van der Waals surface area contributed by atoms with Crippen LogP contribution in [0.5, 0.6) is 11.5 Å². The lowest BCUT2D eigenvalue weighted by Crippen LogP contribution is -2.46. The molecule has 0 saturated carbocycles. The molecule has 2 aromatic carbocycles. The molecule has 3 aromatic rings. The number of halogens is 1. The number of hydrogen-bond acceptors (Lipinski definition) is 6. The number of carbonyl (C=O) groups excluding carboxylic acids is 1. The second-order valence-corrected chi connectivity index (χ2v) is 8.24. The Hall–Kier alpha value is -2.64. The quantitative estimate of drug-likeness (QED) is 0.589. The van der Waals surface area contributed by atoms with E-state index in [1.165, 1.54) is 23.5 Å². The zero-order valence-electron chi connectivity index (χ0n) is 15.9. The van der Waals surface area contributed by atoms with Gasteiger partial charge in [0.1, 0.15) is 5.82 Å². The molecule has 7 heteroatoms. The van der Waals surface area contributed by atoms with Crippen molar-refractivity contribution in [2.24, 2.45) is 0 Å². The molecule has 2 aliphatic heterocycles. The van der Waals surface area contributed by atoms with E-state index in [1.807, 2.05) is 17.5 Å². The molecule has 2 aliphatic rings. The fourth-order valence-corrected chi connectivity index (χ4v) is 4.87. The Morgan fingerprint density at radius 2 is 1.86 bits per heavy atom. The lowest BCUT2D eigenvalue weighted by molar-refractivity contribution is 0.0964. The minimum Gasteiger partial charge on any atom is -0.454 e. The van der Waals surface area contributed by atoms with E-state index < -0.39 is 0 Å². The summed E-state index contributed by atoms with van der Waals surface area (Å²) in [4.78, 5) is 17.3. The Kier molecular flexibility index (Phi) is 4.85. The Morgan fingerprint density at radius 3 is 2.72 bits per heavy atom. The number of hydrogen-bond donors (Lipinski definition) is 0. The molecule has 5 rings (SSSR count). The molecule has 1 aromatic heterocycles. The number of anilines is 1. The zero-order valence-corrected chi connectivity index (χ0v) is 16.7. The van der Waals surface area contributed by atoms with Gasteiger partial charge in [0.2, 0.25) is 6.79 Å². The van der Waals surface area contributed by atoms with Crippen molar-refractivity contribution >= 4 is 32.9 Å². The van der Waals surface area contributed by atoms with Crippen molar-refractivity contribution in [3.63, 3.8) is 0 Å². The maximum absolute atomic E-state index is 13.5. The van der Waals surface area contributed by atoms with Crippen LogP contribution >= 0.6 is 11.3 Å². The monoisotopic (exact) mass is 412 g/mol. The van der Waals surface area contributed by atoms with Gasteiger partial charge in [-0.2, -0.15) is 0 Å². The molecule has 1 saturated heterocycles. The third kappa shape index (κ3) is 3.68. The third-order valence-electron chi connectivity index (χ3n) is 5.58. The summed E-state index contributed by atoms with van der Waals surface area (Å²) in [6.07, 6.45) is 0.451. The Morgan fingerprint density at radius 1 is 1.03 bits per heavy atom. The van der Waals surface area contributed by atoms with Gasteiger partial charge in [-0.15, -0.1) is 11.3 Å². The number of ketones is 1. The number of ether oxygens (including phenoxy) is 2. The molecule has 5 nitrogen and oxygen atoms in total. The standard InChI is InChI=1S/C22H21FN2O3S/c23-15-1-4-22-17(11-15)18(13-29-22)19(26)5-6-24-7-9-25(10-8-24)16-2-3-20-21(12-16)28-14-27-20/h1-4,11-13H,5-10,14H2. The van der Waals surface area contributed by atoms with E-state index in [-0.39, 0.29) is 18.4 Å². The molecule has 150 valence electrons. The summed E-state index contributed by atoms with van der Waals surface area (Å²) >= 11 is 1.49. The van der Waals surface area contributed by atoms with Gasteiger partial charge in [0, 0.05) is 71.9 Å². The average molecular weight is 412 g/mol. The molecule has 0 radical (unpaired) electrons. The summed E-state index contributed by atoms with van der Waals surface area (Å²) in [7, 11) is 0. The summed E-state index contributed by atoms with van der Waals surface area (Å²) in [5.74, 6) is 1.38. The van der Waals surface area contributed by atoms with Crippen LogP contribution < -0.4 is 14.4 Å². The van der Waals surface area contributed by atoms with E-state index in [0.717, 1.165) is 60.0 Å². The average Bonchev–Trinajstić information content (AvgIpc) is 3.38. The first-order valence-corrected chi connectivity index (χ1v) is 10.6. The van der Waals surface area contributed by atoms with E-state index >= 15 is 0 Å². The number of benzene rings is 2. The topological polar surface area (TPSA) is 42.0 Å². The van der Waals surface area contributed by atoms with Crippen LogP contribution in [0, 0.1) is 5.82 Å². The molecule has 3 heterocycles. The number of rotatable bonds is 5. The highest BCUT2D eigenvalue weighted by molar-refractivity contribution is 7.17. The van der Waals surface area contributed by atoms with E-state index in [9.17, 15) is 9.18 Å². The summed E-state index contributed by atoms with van der Waals surface area (Å²) in [6, 6.07) is 10.7. The third-order valence-corrected chi connectivity index (χ3v) is 6.55. The van der Waals surface area contributed by atoms with Crippen LogP contribution in [0.4, 0.5) is 10.1 Å². The van der Waals surface area contributed by atoms with Crippen molar-refractivity contribution in [1.29, 1.82) is 0 Å². The second-order valence-electron chi connectivity index (χ2n) is 7.33. The molecular formula is C22H21FN2O3S. The lowest BCUT2D eigenvalue weighted by atomic mass is 10.1. The predicted molar refractivity (Wildman–Crippen MR) is 112 cm³/mol. The molecule has 0 spiro atoms. The highest BCUT2D eigenvalue weighted by Crippen LogP contribution is 2.35. The fourth-order valence-electron chi connectivity index (χ4n) is 3.92. The van der Waals surface area contributed by atoms with E-state index in [0.29, 0.717) is 12.0 Å². The van der Waals surface area contributed by atoms with Gasteiger partial charge in [-0.25, -0.2) is 4.39 Å². The maximum atomic E-state index is 13.5. The van der Waals surface area contributed by atoms with Gasteiger partial charge in [0.05, 0.1) is 0 Å². The van der Waals surface area contributed by atoms with E-state index in [1.54, 1.807) is 6.07 Å². The Balaban J connectivity index is 1.17. The van der Waals surface area contributed by atoms with Gasteiger partial charge in [-0.3, -0.25) is 9.69 Å². The molecule has 29 heavy (non-hydrogen) atoms. The first-order valence-electron chi connectivity index (χ1n) is 9.74. The number of carbonyl (C=O) groups is 1. The summed E-state index contributed by atoms with van der Waals surface area (Å²) in [5.41, 5.74) is 1.78. The fraction of sp³-hybridized carbons (Fsp3) is 0.318. The summed E-state index contributed by atoms with van der Waals surface area (Å²) in [6.45, 7) is 4.62. The van der Waals surface area contributed by atoms with E-state index in [2.05, 4.69) is 15.9 Å². The van der Waals surface area contributed by atoms with Crippen molar-refractivity contribution in [2.75, 3.05) is 44.4 Å². The maximum Gasteiger partial charge on any atom is 0.231 e. The minimum absolute atomic E-state index is 0.0834. The number of fused-ring (bicyclic) bond motifs is 2. The lowest BCUT2D eigenvalue weighted by Gasteiger charge is -2.36. The zero-order chi connectivity index (χ0) is 19.8. The summed E-state index contributed by atoms with van der Waals surface area (Å²) < 4.78 is 25.3. The van der Waals surface area contributed by atoms with Crippen molar-refractivity contribution in [3.8, 4) is 11.5 Å². The smallest absolute Gasteiger partial charge is 0.231 e. The number of piperazine rings is 1. The Bertz CT molecular complexity index is 1060. The first kappa shape index (κ1) is 18.4. The van der Waals surface area contributed by atoms with Crippen LogP contribution in [0.15, 0.2) is 41.8 Å². The van der Waals surface area contributed by atoms with Crippen LogP contribution in [0.1, 0.15) is 16.8 Å². The van der Waals surface area contributed by atoms with Gasteiger partial charge in [-0.1, -0.05) is 0 Å². The summed E-state index contributed by atoms with van der Waals surface area (Å²) in [5, 5.41) is 2.58. The molecule has 0 atom stereocenters. The van der Waals surface area contributed by atoms with Gasteiger partial charge in [0.15, 0.2) is 17.3 Å². The van der Waals surface area contributed by atoms with Crippen molar-refractivity contribution in [1.82, 2.24) is 4.90 Å². The number of nitrogens with zero attached hydrogens (tertiary/aromatic N) is 2. The highest BCUT2D eigenvalue weighted by Gasteiger charge is 2.21. The second kappa shape index (κ2) is 7.65. The minimum atomic E-state index is -0.301. The molecule has 0 N–H and O–H groups in total. The van der Waals surface area contributed by atoms with Crippen LogP contribution in [0.2, 0.25) is 0 Å². The van der Waals surface area contributed by atoms with E-state index in [4.69, 9.17) is 9.47 Å². The molecule has 0 amide bonds. The van der Waals surface area contributed by atoms with Crippen molar-refractivity contribution in [2.45, 2.75) is 6.42 Å². The van der Waals surface area contributed by atoms with Crippen LogP contribution in [-0.4, -0.2) is 50.2 Å². The molecule has 0 bridgehead atoms. The van der Waals surface area contributed by atoms with Crippen LogP contribution in [0.3, 0.4) is 0 Å². The Labute approximate surface area is 172 Å². The van der Waals surface area contributed by atoms with Gasteiger partial charge in [0.25, 0.3) is 0 Å². The molecule has 0 aliphatic carbocycles. The van der Waals surface area contributed by atoms with Crippen molar-refractivity contribution < 1.29 is 18.7 Å². The van der Waals surface area contributed by atoms with Crippen LogP contribution in [0.25, 0.3) is 10.1 Å². The largest absolute Gasteiger partial charge is 0.454 e. The van der Waals surface area contributed by atoms with Gasteiger partial charge < -0.3 is 14.4 Å². The van der Waals surface area contributed by atoms with Gasteiger partial charge >= 0.3 is 0 Å². The molecule has 0 unspecified atom stereocenters. The highest BCUT2D eigenvalue weighted by atomic mass is 32.1. The van der Waals surface area contributed by atoms with Gasteiger partial charge in [-0.05, 0) is 30.3 Å². The normalized spacial score (nSPS) is 16.5. The van der Waals surface area contributed by atoms with Crippen molar-refractivity contribution in [3.05, 3.63) is 53.2 Å². The predicted octanol–water partition coefficient (Wildman–Crippen LogP) is 4.16. The number of Topliss-reactive ketones (excluding diaryl/α,β-unsaturated/α-hetero) is 1. The SMILES string of the molecule is O=C(CCN1CCN(c2ccc3c(c2)OCO3)CC1)c1csc2ccc(F)cc12. The first-order chi connectivity index (χ1) is 14.2. The molecular weight excluding hydrogens is 391 g/mol. The number of thiophene rings is 1. The van der Waals surface area contributed by atoms with Crippen LogP contribution in [-0.2, 0) is 0 Å². The molecule has 1 fully saturated rings.